The first-order valence-corrected chi connectivity index (χ1v) is 10.2. The van der Waals surface area contributed by atoms with E-state index >= 15 is 0 Å². The monoisotopic (exact) mass is 451 g/mol. The van der Waals surface area contributed by atoms with Crippen LogP contribution in [0.25, 0.3) is 21.8 Å². The van der Waals surface area contributed by atoms with E-state index in [9.17, 15) is 4.79 Å². The van der Waals surface area contributed by atoms with Crippen molar-refractivity contribution in [1.82, 2.24) is 35.7 Å². The zero-order chi connectivity index (χ0) is 21.4. The number of pyridine rings is 1. The molecule has 0 aliphatic rings. The molecule has 3 heterocycles. The Labute approximate surface area is 186 Å². The quantitative estimate of drug-likeness (QED) is 0.372. The second kappa shape index (κ2) is 7.98. The van der Waals surface area contributed by atoms with Gasteiger partial charge < -0.3 is 10.3 Å². The van der Waals surface area contributed by atoms with Gasteiger partial charge in [0.15, 0.2) is 0 Å². The summed E-state index contributed by atoms with van der Waals surface area (Å²) in [6, 6.07) is 13.2. The molecule has 3 N–H and O–H groups in total. The minimum absolute atomic E-state index is 0.137. The molecule has 0 saturated heterocycles. The van der Waals surface area contributed by atoms with Crippen LogP contribution in [0.5, 0.6) is 0 Å². The number of carbonyl (C=O) groups excluding carboxylic acids is 1. The van der Waals surface area contributed by atoms with E-state index in [-0.39, 0.29) is 18.3 Å². The van der Waals surface area contributed by atoms with E-state index in [0.717, 1.165) is 27.4 Å². The maximum absolute atomic E-state index is 12.5. The van der Waals surface area contributed by atoms with Crippen LogP contribution in [0, 0.1) is 0 Å². The molecule has 0 aliphatic heterocycles. The van der Waals surface area contributed by atoms with E-state index in [1.807, 2.05) is 30.3 Å². The largest absolute Gasteiger partial charge is 0.344 e. The molecule has 31 heavy (non-hydrogen) atoms. The fourth-order valence-electron chi connectivity index (χ4n) is 3.36. The summed E-state index contributed by atoms with van der Waals surface area (Å²) in [5, 5.41) is 21.0. The van der Waals surface area contributed by atoms with E-state index in [0.29, 0.717) is 28.0 Å². The number of fused-ring (bicyclic) bond motifs is 2. The molecule has 0 bridgehead atoms. The molecule has 5 aromatic rings. The minimum Gasteiger partial charge on any atom is -0.344 e. The lowest BCUT2D eigenvalue weighted by Gasteiger charge is -2.02. The second-order valence-electron chi connectivity index (χ2n) is 7.02. The van der Waals surface area contributed by atoms with E-state index in [1.165, 1.54) is 0 Å². The molecule has 0 saturated carbocycles. The number of H-pyrrole nitrogens is 2. The number of rotatable bonds is 5. The van der Waals surface area contributed by atoms with Crippen LogP contribution in [-0.2, 0) is 13.0 Å². The van der Waals surface area contributed by atoms with E-state index in [2.05, 4.69) is 35.7 Å². The summed E-state index contributed by atoms with van der Waals surface area (Å²) in [7, 11) is 0. The number of hydrogen-bond acceptors (Lipinski definition) is 5. The number of aromatic amines is 2. The van der Waals surface area contributed by atoms with E-state index in [1.54, 1.807) is 18.3 Å². The Morgan fingerprint density at radius 3 is 2.84 bits per heavy atom. The van der Waals surface area contributed by atoms with Crippen LogP contribution in [-0.4, -0.2) is 36.3 Å². The summed E-state index contributed by atoms with van der Waals surface area (Å²) >= 11 is 12.1. The van der Waals surface area contributed by atoms with Gasteiger partial charge in [-0.05, 0) is 42.0 Å². The number of nitrogens with one attached hydrogen (secondary N) is 3. The molecule has 2 aromatic carbocycles. The standard InChI is InChI=1S/C21H15Cl2N7O/c22-13-2-4-17-15(8-13)18(28-27-17)10-25-21(31)20-26-19(29-30-20)6-11-1-3-16-12(5-11)7-14(23)9-24-16/h1-5,7-9H,6,10H2,(H,25,31)(H,27,28)(H,26,29,30). The first kappa shape index (κ1) is 19.5. The topological polar surface area (TPSA) is 112 Å². The van der Waals surface area contributed by atoms with Crippen LogP contribution in [0.3, 0.4) is 0 Å². The zero-order valence-corrected chi connectivity index (χ0v) is 17.5. The third-order valence-electron chi connectivity index (χ3n) is 4.85. The first-order valence-electron chi connectivity index (χ1n) is 9.41. The Balaban J connectivity index is 1.27. The van der Waals surface area contributed by atoms with Crippen molar-refractivity contribution in [3.8, 4) is 0 Å². The number of nitrogens with zero attached hydrogens (tertiary/aromatic N) is 4. The Kier molecular flexibility index (Phi) is 5.01. The highest BCUT2D eigenvalue weighted by Crippen LogP contribution is 2.21. The zero-order valence-electron chi connectivity index (χ0n) is 16.0. The van der Waals surface area contributed by atoms with Crippen LogP contribution < -0.4 is 5.32 Å². The van der Waals surface area contributed by atoms with E-state index in [4.69, 9.17) is 23.2 Å². The van der Waals surface area contributed by atoms with Crippen molar-refractivity contribution in [2.45, 2.75) is 13.0 Å². The average Bonchev–Trinajstić information content (AvgIpc) is 3.38. The molecule has 5 rings (SSSR count). The van der Waals surface area contributed by atoms with Gasteiger partial charge in [-0.3, -0.25) is 14.9 Å². The third kappa shape index (κ3) is 4.08. The van der Waals surface area contributed by atoms with Gasteiger partial charge in [-0.15, -0.1) is 10.2 Å². The van der Waals surface area contributed by atoms with Gasteiger partial charge in [0.1, 0.15) is 5.82 Å². The summed E-state index contributed by atoms with van der Waals surface area (Å²) in [6.07, 6.45) is 2.11. The molecular weight excluding hydrogens is 437 g/mol. The smallest absolute Gasteiger partial charge is 0.289 e. The van der Waals surface area contributed by atoms with Gasteiger partial charge in [0.05, 0.1) is 28.3 Å². The lowest BCUT2D eigenvalue weighted by molar-refractivity contribution is 0.0940. The normalized spacial score (nSPS) is 11.3. The van der Waals surface area contributed by atoms with Gasteiger partial charge in [-0.2, -0.15) is 5.10 Å². The van der Waals surface area contributed by atoms with Gasteiger partial charge in [-0.1, -0.05) is 29.3 Å². The van der Waals surface area contributed by atoms with Gasteiger partial charge in [0.2, 0.25) is 5.82 Å². The summed E-state index contributed by atoms with van der Waals surface area (Å²) < 4.78 is 0. The maximum atomic E-state index is 12.5. The van der Waals surface area contributed by atoms with Crippen molar-refractivity contribution >= 4 is 50.9 Å². The first-order chi connectivity index (χ1) is 15.0. The van der Waals surface area contributed by atoms with Crippen LogP contribution in [0.4, 0.5) is 0 Å². The van der Waals surface area contributed by atoms with Gasteiger partial charge >= 0.3 is 0 Å². The Bertz CT molecular complexity index is 1430. The molecule has 0 aliphatic carbocycles. The van der Waals surface area contributed by atoms with Crippen molar-refractivity contribution in [2.24, 2.45) is 0 Å². The van der Waals surface area contributed by atoms with Gasteiger partial charge in [0, 0.05) is 28.4 Å². The molecular formula is C21H15Cl2N7O. The number of benzene rings is 2. The average molecular weight is 452 g/mol. The number of hydrogen-bond donors (Lipinski definition) is 3. The predicted molar refractivity (Wildman–Crippen MR) is 118 cm³/mol. The lowest BCUT2D eigenvalue weighted by Crippen LogP contribution is -2.24. The Hall–Kier alpha value is -3.49. The van der Waals surface area contributed by atoms with Crippen LogP contribution >= 0.6 is 23.2 Å². The van der Waals surface area contributed by atoms with Crippen molar-refractivity contribution in [1.29, 1.82) is 0 Å². The van der Waals surface area contributed by atoms with E-state index < -0.39 is 0 Å². The summed E-state index contributed by atoms with van der Waals surface area (Å²) in [5.41, 5.74) is 3.40. The molecule has 0 radical (unpaired) electrons. The molecule has 0 atom stereocenters. The SMILES string of the molecule is O=C(NCc1n[nH]c2ccc(Cl)cc12)c1nnc(Cc2ccc3ncc(Cl)cc3c2)[nH]1. The van der Waals surface area contributed by atoms with Crippen molar-refractivity contribution in [2.75, 3.05) is 0 Å². The highest BCUT2D eigenvalue weighted by molar-refractivity contribution is 6.31. The highest BCUT2D eigenvalue weighted by atomic mass is 35.5. The fraction of sp³-hybridized carbons (Fsp3) is 0.0952. The summed E-state index contributed by atoms with van der Waals surface area (Å²) in [6.45, 7) is 0.230. The lowest BCUT2D eigenvalue weighted by atomic mass is 10.1. The number of halogens is 2. The fourth-order valence-corrected chi connectivity index (χ4v) is 3.70. The molecule has 10 heteroatoms. The van der Waals surface area contributed by atoms with Crippen molar-refractivity contribution < 1.29 is 4.79 Å². The molecule has 154 valence electrons. The molecule has 0 unspecified atom stereocenters. The minimum atomic E-state index is -0.369. The summed E-state index contributed by atoms with van der Waals surface area (Å²) in [4.78, 5) is 19.7. The van der Waals surface area contributed by atoms with Crippen molar-refractivity contribution in [3.05, 3.63) is 81.6 Å². The van der Waals surface area contributed by atoms with Crippen LogP contribution in [0.1, 0.15) is 27.7 Å². The number of amides is 1. The highest BCUT2D eigenvalue weighted by Gasteiger charge is 2.14. The second-order valence-corrected chi connectivity index (χ2v) is 7.89. The molecule has 3 aromatic heterocycles. The number of carbonyl (C=O) groups is 1. The molecule has 8 nitrogen and oxygen atoms in total. The van der Waals surface area contributed by atoms with Crippen molar-refractivity contribution in [3.63, 3.8) is 0 Å². The van der Waals surface area contributed by atoms with Crippen LogP contribution in [0.2, 0.25) is 10.0 Å². The third-order valence-corrected chi connectivity index (χ3v) is 5.29. The molecule has 0 fully saturated rings. The maximum Gasteiger partial charge on any atom is 0.289 e. The Morgan fingerprint density at radius 1 is 1.03 bits per heavy atom. The summed E-state index contributed by atoms with van der Waals surface area (Å²) in [5.74, 6) is 0.348. The molecule has 1 amide bonds. The molecule has 0 spiro atoms. The van der Waals surface area contributed by atoms with Gasteiger partial charge in [0.25, 0.3) is 5.91 Å². The predicted octanol–water partition coefficient (Wildman–Crippen LogP) is 4.06. The Morgan fingerprint density at radius 2 is 1.94 bits per heavy atom. The number of aromatic nitrogens is 6. The van der Waals surface area contributed by atoms with Crippen LogP contribution in [0.15, 0.2) is 48.7 Å². The van der Waals surface area contributed by atoms with Gasteiger partial charge in [-0.25, -0.2) is 0 Å².